The van der Waals surface area contributed by atoms with Crippen LogP contribution in [-0.4, -0.2) is 10.2 Å². The third-order valence-electron chi connectivity index (χ3n) is 3.95. The van der Waals surface area contributed by atoms with Crippen LogP contribution in [0, 0.1) is 24.7 Å². The summed E-state index contributed by atoms with van der Waals surface area (Å²) in [7, 11) is 0. The number of aryl methyl sites for hydroxylation is 1. The van der Waals surface area contributed by atoms with Crippen molar-refractivity contribution < 1.29 is 4.79 Å². The molecule has 1 aromatic rings. The number of hydrogen-bond donors (Lipinski definition) is 0. The number of rotatable bonds is 2. The maximum absolute atomic E-state index is 12.2. The summed E-state index contributed by atoms with van der Waals surface area (Å²) in [5.74, 6) is 2.22. The van der Waals surface area contributed by atoms with Crippen molar-refractivity contribution in [2.24, 2.45) is 17.8 Å². The van der Waals surface area contributed by atoms with Crippen LogP contribution in [0.1, 0.15) is 41.0 Å². The molecule has 3 heteroatoms. The first-order valence-corrected chi connectivity index (χ1v) is 6.49. The Morgan fingerprint density at radius 3 is 2.87 bits per heavy atom. The highest BCUT2D eigenvalue weighted by Crippen LogP contribution is 2.49. The number of hydrogen-bond acceptors (Lipinski definition) is 3. The summed E-state index contributed by atoms with van der Waals surface area (Å²) in [6.07, 6.45) is 5.07. The minimum absolute atomic E-state index is 0.323. The molecule has 15 heavy (non-hydrogen) atoms. The molecule has 2 aliphatic rings. The van der Waals surface area contributed by atoms with Crippen LogP contribution >= 0.6 is 11.5 Å². The summed E-state index contributed by atoms with van der Waals surface area (Å²) >= 11 is 1.37. The molecular weight excluding hydrogens is 206 g/mol. The summed E-state index contributed by atoms with van der Waals surface area (Å²) in [5.41, 5.74) is 0.978. The van der Waals surface area contributed by atoms with Crippen LogP contribution in [0.3, 0.4) is 0 Å². The minimum Gasteiger partial charge on any atom is -0.293 e. The molecule has 0 amide bonds. The van der Waals surface area contributed by atoms with Crippen molar-refractivity contribution in [2.75, 3.05) is 0 Å². The lowest BCUT2D eigenvalue weighted by Crippen LogP contribution is -2.20. The maximum Gasteiger partial charge on any atom is 0.177 e. The van der Waals surface area contributed by atoms with E-state index in [1.165, 1.54) is 30.8 Å². The average molecular weight is 221 g/mol. The van der Waals surface area contributed by atoms with E-state index in [4.69, 9.17) is 0 Å². The zero-order valence-electron chi connectivity index (χ0n) is 8.90. The third-order valence-corrected chi connectivity index (χ3v) is 4.84. The Morgan fingerprint density at radius 2 is 2.33 bits per heavy atom. The highest BCUT2D eigenvalue weighted by molar-refractivity contribution is 7.08. The Morgan fingerprint density at radius 1 is 1.47 bits per heavy atom. The normalized spacial score (nSPS) is 33.5. The SMILES string of the molecule is Cc1cc(C(=O)C2CC3CCC2C3)sn1. The van der Waals surface area contributed by atoms with Crippen LogP contribution in [-0.2, 0) is 0 Å². The van der Waals surface area contributed by atoms with Crippen LogP contribution in [0.2, 0.25) is 0 Å². The smallest absolute Gasteiger partial charge is 0.177 e. The molecule has 1 heterocycles. The fraction of sp³-hybridized carbons (Fsp3) is 0.667. The van der Waals surface area contributed by atoms with Crippen molar-refractivity contribution >= 4 is 17.3 Å². The number of aromatic nitrogens is 1. The van der Waals surface area contributed by atoms with E-state index in [1.54, 1.807) is 0 Å². The van der Waals surface area contributed by atoms with Crippen molar-refractivity contribution in [1.82, 2.24) is 4.37 Å². The van der Waals surface area contributed by atoms with Gasteiger partial charge in [-0.05, 0) is 55.6 Å². The van der Waals surface area contributed by atoms with Crippen LogP contribution < -0.4 is 0 Å². The second kappa shape index (κ2) is 3.41. The van der Waals surface area contributed by atoms with Crippen molar-refractivity contribution in [3.8, 4) is 0 Å². The van der Waals surface area contributed by atoms with Gasteiger partial charge >= 0.3 is 0 Å². The second-order valence-corrected chi connectivity index (χ2v) is 5.78. The highest BCUT2D eigenvalue weighted by Gasteiger charge is 2.43. The summed E-state index contributed by atoms with van der Waals surface area (Å²) in [4.78, 5) is 13.1. The summed E-state index contributed by atoms with van der Waals surface area (Å²) in [5, 5.41) is 0. The van der Waals surface area contributed by atoms with Gasteiger partial charge in [0.1, 0.15) is 0 Å². The molecule has 2 bridgehead atoms. The molecule has 80 valence electrons. The first kappa shape index (κ1) is 9.52. The van der Waals surface area contributed by atoms with Gasteiger partial charge in [-0.3, -0.25) is 4.79 Å². The molecule has 3 atom stereocenters. The van der Waals surface area contributed by atoms with Gasteiger partial charge in [-0.1, -0.05) is 6.42 Å². The average Bonchev–Trinajstić information content (AvgIpc) is 2.90. The number of carbonyl (C=O) groups is 1. The molecule has 3 unspecified atom stereocenters. The van der Waals surface area contributed by atoms with Crippen molar-refractivity contribution in [2.45, 2.75) is 32.6 Å². The Labute approximate surface area is 93.9 Å². The summed E-state index contributed by atoms with van der Waals surface area (Å²) in [6.45, 7) is 1.95. The Hall–Kier alpha value is -0.700. The summed E-state index contributed by atoms with van der Waals surface area (Å²) in [6, 6.07) is 1.94. The monoisotopic (exact) mass is 221 g/mol. The molecule has 0 saturated heterocycles. The molecule has 0 aromatic carbocycles. The molecule has 0 aliphatic heterocycles. The first-order chi connectivity index (χ1) is 7.24. The molecular formula is C12H15NOS. The molecule has 0 spiro atoms. The predicted molar refractivity (Wildman–Crippen MR) is 60.1 cm³/mol. The van der Waals surface area contributed by atoms with E-state index in [0.29, 0.717) is 17.6 Å². The van der Waals surface area contributed by atoms with Crippen LogP contribution in [0.15, 0.2) is 6.07 Å². The van der Waals surface area contributed by atoms with Gasteiger partial charge in [0.15, 0.2) is 5.78 Å². The van der Waals surface area contributed by atoms with E-state index in [-0.39, 0.29) is 0 Å². The van der Waals surface area contributed by atoms with E-state index >= 15 is 0 Å². The van der Waals surface area contributed by atoms with Crippen LogP contribution in [0.25, 0.3) is 0 Å². The third kappa shape index (κ3) is 1.53. The van der Waals surface area contributed by atoms with Crippen molar-refractivity contribution in [3.05, 3.63) is 16.6 Å². The van der Waals surface area contributed by atoms with Gasteiger partial charge in [0.25, 0.3) is 0 Å². The van der Waals surface area contributed by atoms with E-state index in [2.05, 4.69) is 4.37 Å². The van der Waals surface area contributed by atoms with Gasteiger partial charge in [0.2, 0.25) is 0 Å². The largest absolute Gasteiger partial charge is 0.293 e. The number of Topliss-reactive ketones (excluding diaryl/α,β-unsaturated/α-hetero) is 1. The van der Waals surface area contributed by atoms with Gasteiger partial charge < -0.3 is 0 Å². The second-order valence-electron chi connectivity index (χ2n) is 4.98. The van der Waals surface area contributed by atoms with E-state index < -0.39 is 0 Å². The molecule has 1 aromatic heterocycles. The number of carbonyl (C=O) groups excluding carboxylic acids is 1. The molecule has 0 N–H and O–H groups in total. The van der Waals surface area contributed by atoms with E-state index in [0.717, 1.165) is 22.9 Å². The minimum atomic E-state index is 0.323. The van der Waals surface area contributed by atoms with Gasteiger partial charge in [-0.2, -0.15) is 4.37 Å². The fourth-order valence-electron chi connectivity index (χ4n) is 3.23. The van der Waals surface area contributed by atoms with E-state index in [9.17, 15) is 4.79 Å². The standard InChI is InChI=1S/C12H15NOS/c1-7-4-11(15-13-7)12(14)10-6-8-2-3-9(10)5-8/h4,8-10H,2-3,5-6H2,1H3. The molecule has 2 saturated carbocycles. The van der Waals surface area contributed by atoms with Crippen LogP contribution in [0.4, 0.5) is 0 Å². The van der Waals surface area contributed by atoms with Gasteiger partial charge in [-0.15, -0.1) is 0 Å². The van der Waals surface area contributed by atoms with Gasteiger partial charge in [-0.25, -0.2) is 0 Å². The number of fused-ring (bicyclic) bond motifs is 2. The zero-order chi connectivity index (χ0) is 10.4. The quantitative estimate of drug-likeness (QED) is 0.718. The molecule has 3 rings (SSSR count). The van der Waals surface area contributed by atoms with Crippen molar-refractivity contribution in [3.63, 3.8) is 0 Å². The molecule has 2 aliphatic carbocycles. The van der Waals surface area contributed by atoms with Gasteiger partial charge in [0.05, 0.1) is 10.6 Å². The predicted octanol–water partition coefficient (Wildman–Crippen LogP) is 3.07. The topological polar surface area (TPSA) is 30.0 Å². The lowest BCUT2D eigenvalue weighted by atomic mass is 9.85. The first-order valence-electron chi connectivity index (χ1n) is 5.71. The van der Waals surface area contributed by atoms with Crippen molar-refractivity contribution in [1.29, 1.82) is 0 Å². The zero-order valence-corrected chi connectivity index (χ0v) is 9.72. The Kier molecular flexibility index (Phi) is 2.16. The Balaban J connectivity index is 1.81. The molecule has 2 nitrogen and oxygen atoms in total. The molecule has 0 radical (unpaired) electrons. The number of nitrogens with zero attached hydrogens (tertiary/aromatic N) is 1. The maximum atomic E-state index is 12.2. The highest BCUT2D eigenvalue weighted by atomic mass is 32.1. The lowest BCUT2D eigenvalue weighted by molar-refractivity contribution is 0.0879. The van der Waals surface area contributed by atoms with E-state index in [1.807, 2.05) is 13.0 Å². The number of ketones is 1. The Bertz CT molecular complexity index is 398. The van der Waals surface area contributed by atoms with Crippen LogP contribution in [0.5, 0.6) is 0 Å². The summed E-state index contributed by atoms with van der Waals surface area (Å²) < 4.78 is 4.19. The van der Waals surface area contributed by atoms with Gasteiger partial charge in [0, 0.05) is 5.92 Å². The molecule has 2 fully saturated rings. The fourth-order valence-corrected chi connectivity index (χ4v) is 3.99. The lowest BCUT2D eigenvalue weighted by Gasteiger charge is -2.19.